The first kappa shape index (κ1) is 21.4. The van der Waals surface area contributed by atoms with Crippen LogP contribution in [0, 0.1) is 17.5 Å². The van der Waals surface area contributed by atoms with Crippen LogP contribution >= 0.6 is 11.6 Å². The number of piperidine rings is 1. The van der Waals surface area contributed by atoms with Crippen molar-refractivity contribution < 1.29 is 18.0 Å². The molecular weight excluding hydrogens is 429 g/mol. The van der Waals surface area contributed by atoms with Crippen molar-refractivity contribution in [2.24, 2.45) is 7.05 Å². The first-order chi connectivity index (χ1) is 14.8. The third-order valence-corrected chi connectivity index (χ3v) is 5.85. The number of hydrogen-bond acceptors (Lipinski definition) is 3. The van der Waals surface area contributed by atoms with Crippen LogP contribution < -0.4 is 10.6 Å². The molecule has 2 heterocycles. The zero-order chi connectivity index (χ0) is 22.1. The molecule has 1 aliphatic rings. The number of aryl methyl sites for hydroxylation is 1. The minimum atomic E-state index is -0.944. The molecule has 0 bridgehead atoms. The number of amides is 1. The van der Waals surface area contributed by atoms with Crippen LogP contribution in [0.3, 0.4) is 0 Å². The van der Waals surface area contributed by atoms with E-state index in [2.05, 4.69) is 15.7 Å². The smallest absolute Gasteiger partial charge is 0.256 e. The molecular formula is C22H20ClF3N4O. The van der Waals surface area contributed by atoms with Crippen LogP contribution in [-0.4, -0.2) is 34.8 Å². The van der Waals surface area contributed by atoms with Crippen molar-refractivity contribution in [3.63, 3.8) is 0 Å². The standard InChI is InChI=1S/C22H20ClF3N4O/c1-30-20(5-7-28-30)13-8-15(23)21(18(26)10-13)22(31)29-19-11-27-6-4-14(19)12-2-3-16(24)17(25)9-12/h2-3,5,7-10,14,19,27H,4,6,11H2,1H3,(H,29,31)/t14-,19+/m0/s1. The minimum Gasteiger partial charge on any atom is -0.347 e. The average molecular weight is 449 g/mol. The van der Waals surface area contributed by atoms with Crippen molar-refractivity contribution >= 4 is 17.5 Å². The summed E-state index contributed by atoms with van der Waals surface area (Å²) in [6.45, 7) is 1.06. The Balaban J connectivity index is 1.59. The molecule has 5 nitrogen and oxygen atoms in total. The van der Waals surface area contributed by atoms with Crippen molar-refractivity contribution in [2.45, 2.75) is 18.4 Å². The first-order valence-corrected chi connectivity index (χ1v) is 10.2. The van der Waals surface area contributed by atoms with Gasteiger partial charge in [-0.15, -0.1) is 0 Å². The van der Waals surface area contributed by atoms with E-state index in [9.17, 15) is 18.0 Å². The largest absolute Gasteiger partial charge is 0.347 e. The molecule has 2 aromatic carbocycles. The third kappa shape index (κ3) is 4.31. The summed E-state index contributed by atoms with van der Waals surface area (Å²) < 4.78 is 43.5. The van der Waals surface area contributed by atoms with Crippen LogP contribution in [0.5, 0.6) is 0 Å². The molecule has 162 valence electrons. The predicted octanol–water partition coefficient (Wildman–Crippen LogP) is 4.03. The molecule has 2 N–H and O–H groups in total. The van der Waals surface area contributed by atoms with Gasteiger partial charge in [0.1, 0.15) is 5.82 Å². The zero-order valence-corrected chi connectivity index (χ0v) is 17.4. The Morgan fingerprint density at radius 1 is 1.16 bits per heavy atom. The van der Waals surface area contributed by atoms with Crippen LogP contribution in [0.4, 0.5) is 13.2 Å². The highest BCUT2D eigenvalue weighted by molar-refractivity contribution is 6.34. The lowest BCUT2D eigenvalue weighted by Crippen LogP contribution is -2.50. The van der Waals surface area contributed by atoms with E-state index in [-0.39, 0.29) is 16.5 Å². The van der Waals surface area contributed by atoms with Gasteiger partial charge < -0.3 is 10.6 Å². The quantitative estimate of drug-likeness (QED) is 0.633. The van der Waals surface area contributed by atoms with Gasteiger partial charge in [0, 0.05) is 37.3 Å². The summed E-state index contributed by atoms with van der Waals surface area (Å²) in [6.07, 6.45) is 2.18. The second-order valence-corrected chi connectivity index (χ2v) is 7.91. The number of carbonyl (C=O) groups is 1. The summed E-state index contributed by atoms with van der Waals surface area (Å²) in [5.74, 6) is -3.55. The highest BCUT2D eigenvalue weighted by atomic mass is 35.5. The number of aromatic nitrogens is 2. The Morgan fingerprint density at radius 3 is 2.65 bits per heavy atom. The average Bonchev–Trinajstić information content (AvgIpc) is 3.16. The normalized spacial score (nSPS) is 18.7. The van der Waals surface area contributed by atoms with Gasteiger partial charge in [-0.3, -0.25) is 9.48 Å². The molecule has 31 heavy (non-hydrogen) atoms. The maximum Gasteiger partial charge on any atom is 0.256 e. The van der Waals surface area contributed by atoms with Gasteiger partial charge in [0.15, 0.2) is 11.6 Å². The third-order valence-electron chi connectivity index (χ3n) is 5.56. The number of halogens is 4. The SMILES string of the molecule is Cn1nccc1-c1cc(F)c(C(=O)N[C@@H]2CNCC[C@H]2c2ccc(F)c(F)c2)c(Cl)c1. The summed E-state index contributed by atoms with van der Waals surface area (Å²) in [4.78, 5) is 12.9. The Bertz CT molecular complexity index is 1110. The van der Waals surface area contributed by atoms with Gasteiger partial charge in [-0.1, -0.05) is 17.7 Å². The molecule has 1 fully saturated rings. The predicted molar refractivity (Wildman–Crippen MR) is 111 cm³/mol. The zero-order valence-electron chi connectivity index (χ0n) is 16.6. The van der Waals surface area contributed by atoms with Crippen LogP contribution in [-0.2, 0) is 7.05 Å². The number of benzene rings is 2. The molecule has 0 saturated carbocycles. The van der Waals surface area contributed by atoms with Gasteiger partial charge in [0.2, 0.25) is 0 Å². The monoisotopic (exact) mass is 448 g/mol. The molecule has 0 unspecified atom stereocenters. The topological polar surface area (TPSA) is 59.0 Å². The van der Waals surface area contributed by atoms with Gasteiger partial charge in [-0.05, 0) is 48.9 Å². The molecule has 2 atom stereocenters. The second kappa shape index (κ2) is 8.72. The van der Waals surface area contributed by atoms with Gasteiger partial charge in [0.25, 0.3) is 5.91 Å². The lowest BCUT2D eigenvalue weighted by Gasteiger charge is -2.33. The summed E-state index contributed by atoms with van der Waals surface area (Å²) in [7, 11) is 1.72. The number of nitrogens with zero attached hydrogens (tertiary/aromatic N) is 2. The molecule has 0 radical (unpaired) electrons. The number of carbonyl (C=O) groups excluding carboxylic acids is 1. The lowest BCUT2D eigenvalue weighted by atomic mass is 9.85. The van der Waals surface area contributed by atoms with E-state index in [1.54, 1.807) is 24.0 Å². The second-order valence-electron chi connectivity index (χ2n) is 7.51. The van der Waals surface area contributed by atoms with Gasteiger partial charge in [-0.25, -0.2) is 13.2 Å². The number of rotatable bonds is 4. The summed E-state index contributed by atoms with van der Waals surface area (Å²) in [5, 5.41) is 9.99. The van der Waals surface area contributed by atoms with Crippen molar-refractivity contribution in [2.75, 3.05) is 13.1 Å². The fourth-order valence-electron chi connectivity index (χ4n) is 3.99. The van der Waals surface area contributed by atoms with E-state index in [1.807, 2.05) is 0 Å². The molecule has 0 aliphatic carbocycles. The maximum atomic E-state index is 14.9. The molecule has 1 amide bonds. The molecule has 4 rings (SSSR count). The van der Waals surface area contributed by atoms with Crippen molar-refractivity contribution in [3.05, 3.63) is 76.2 Å². The van der Waals surface area contributed by atoms with E-state index in [4.69, 9.17) is 11.6 Å². The minimum absolute atomic E-state index is 0.0261. The molecule has 1 aromatic heterocycles. The van der Waals surface area contributed by atoms with Crippen LogP contribution in [0.15, 0.2) is 42.6 Å². The first-order valence-electron chi connectivity index (χ1n) is 9.79. The maximum absolute atomic E-state index is 14.9. The summed E-state index contributed by atoms with van der Waals surface area (Å²) in [6, 6.07) is 7.74. The van der Waals surface area contributed by atoms with E-state index in [0.717, 1.165) is 12.1 Å². The van der Waals surface area contributed by atoms with Crippen LogP contribution in [0.25, 0.3) is 11.3 Å². The van der Waals surface area contributed by atoms with E-state index in [1.165, 1.54) is 18.2 Å². The van der Waals surface area contributed by atoms with E-state index in [0.29, 0.717) is 36.3 Å². The molecule has 1 saturated heterocycles. The van der Waals surface area contributed by atoms with E-state index >= 15 is 0 Å². The fourth-order valence-corrected chi connectivity index (χ4v) is 4.28. The van der Waals surface area contributed by atoms with Gasteiger partial charge in [0.05, 0.1) is 16.3 Å². The van der Waals surface area contributed by atoms with Crippen molar-refractivity contribution in [1.82, 2.24) is 20.4 Å². The van der Waals surface area contributed by atoms with Gasteiger partial charge >= 0.3 is 0 Å². The Morgan fingerprint density at radius 2 is 1.97 bits per heavy atom. The lowest BCUT2D eigenvalue weighted by molar-refractivity contribution is 0.0920. The van der Waals surface area contributed by atoms with Crippen LogP contribution in [0.2, 0.25) is 5.02 Å². The fraction of sp³-hybridized carbons (Fsp3) is 0.273. The highest BCUT2D eigenvalue weighted by Crippen LogP contribution is 2.30. The molecule has 3 aromatic rings. The van der Waals surface area contributed by atoms with Crippen molar-refractivity contribution in [1.29, 1.82) is 0 Å². The molecule has 0 spiro atoms. The Kier molecular flexibility index (Phi) is 6.02. The van der Waals surface area contributed by atoms with Crippen molar-refractivity contribution in [3.8, 4) is 11.3 Å². The number of nitrogens with one attached hydrogen (secondary N) is 2. The molecule has 9 heteroatoms. The Labute approximate surface area is 182 Å². The summed E-state index contributed by atoms with van der Waals surface area (Å²) in [5.41, 5.74) is 1.46. The molecule has 1 aliphatic heterocycles. The van der Waals surface area contributed by atoms with E-state index < -0.39 is 29.4 Å². The summed E-state index contributed by atoms with van der Waals surface area (Å²) >= 11 is 6.27. The Hall–Kier alpha value is -2.84. The van der Waals surface area contributed by atoms with Crippen LogP contribution in [0.1, 0.15) is 28.3 Å². The number of hydrogen-bond donors (Lipinski definition) is 2. The van der Waals surface area contributed by atoms with Gasteiger partial charge in [-0.2, -0.15) is 5.10 Å². The highest BCUT2D eigenvalue weighted by Gasteiger charge is 2.30.